The van der Waals surface area contributed by atoms with Gasteiger partial charge in [-0.25, -0.2) is 4.90 Å². The van der Waals surface area contributed by atoms with Gasteiger partial charge in [0.05, 0.1) is 42.8 Å². The van der Waals surface area contributed by atoms with E-state index in [9.17, 15) is 19.2 Å². The number of hydrogen-bond donors (Lipinski definition) is 0. The van der Waals surface area contributed by atoms with Gasteiger partial charge in [0.2, 0.25) is 5.91 Å². The molecule has 0 N–H and O–H groups in total. The molecule has 39 heavy (non-hydrogen) atoms. The topological polar surface area (TPSA) is 84.0 Å². The van der Waals surface area contributed by atoms with E-state index in [0.717, 1.165) is 21.7 Å². The van der Waals surface area contributed by atoms with E-state index < -0.39 is 23.7 Å². The number of amides is 3. The number of hydrogen-bond acceptors (Lipinski definition) is 5. The van der Waals surface area contributed by atoms with Crippen LogP contribution in [0.4, 0.5) is 11.4 Å². The van der Waals surface area contributed by atoms with Crippen molar-refractivity contribution in [3.05, 3.63) is 84.3 Å². The smallest absolute Gasteiger partial charge is 0.316 e. The van der Waals surface area contributed by atoms with Gasteiger partial charge in [0.1, 0.15) is 5.75 Å². The summed E-state index contributed by atoms with van der Waals surface area (Å²) in [7, 11) is 0. The highest BCUT2D eigenvalue weighted by Gasteiger charge is 2.43. The quantitative estimate of drug-likeness (QED) is 0.105. The fourth-order valence-corrected chi connectivity index (χ4v) is 5.83. The molecule has 11 heteroatoms. The molecule has 1 atom stereocenters. The Morgan fingerprint density at radius 3 is 2.00 bits per heavy atom. The second-order valence-corrected chi connectivity index (χ2v) is 11.0. The van der Waals surface area contributed by atoms with Crippen LogP contribution in [0, 0.1) is 26.7 Å². The van der Waals surface area contributed by atoms with Crippen molar-refractivity contribution >= 4 is 81.5 Å². The second-order valence-electron chi connectivity index (χ2n) is 9.52. The maximum atomic E-state index is 13.2. The molecule has 0 radical (unpaired) electrons. The van der Waals surface area contributed by atoms with Gasteiger partial charge in [0, 0.05) is 18.7 Å². The molecular formula is C28H20Cl4N2O5. The number of anilines is 2. The first-order valence-corrected chi connectivity index (χ1v) is 13.4. The number of esters is 1. The largest absolute Gasteiger partial charge is 0.426 e. The van der Waals surface area contributed by atoms with Gasteiger partial charge in [-0.3, -0.25) is 19.2 Å². The number of fused-ring (bicyclic) bond motifs is 1. The number of rotatable bonds is 4. The lowest BCUT2D eigenvalue weighted by molar-refractivity contribution is -0.139. The second kappa shape index (κ2) is 10.1. The number of aryl methyl sites for hydroxylation is 3. The average Bonchev–Trinajstić information content (AvgIpc) is 3.40. The predicted molar refractivity (Wildman–Crippen MR) is 151 cm³/mol. The van der Waals surface area contributed by atoms with E-state index in [2.05, 4.69) is 0 Å². The first-order valence-electron chi connectivity index (χ1n) is 11.8. The van der Waals surface area contributed by atoms with Crippen molar-refractivity contribution in [3.63, 3.8) is 0 Å². The number of halogens is 4. The van der Waals surface area contributed by atoms with E-state index in [1.807, 2.05) is 32.0 Å². The van der Waals surface area contributed by atoms with Crippen LogP contribution in [0.15, 0.2) is 36.4 Å². The first kappa shape index (κ1) is 27.5. The lowest BCUT2D eigenvalue weighted by Gasteiger charge is -2.20. The summed E-state index contributed by atoms with van der Waals surface area (Å²) in [5.41, 5.74) is 3.19. The molecule has 0 saturated carbocycles. The van der Waals surface area contributed by atoms with Crippen molar-refractivity contribution in [2.24, 2.45) is 5.92 Å². The number of carbonyl (C=O) groups is 4. The van der Waals surface area contributed by atoms with Gasteiger partial charge in [0.25, 0.3) is 11.8 Å². The molecule has 2 aliphatic heterocycles. The number of ether oxygens (including phenoxy) is 1. The van der Waals surface area contributed by atoms with Gasteiger partial charge in [0.15, 0.2) is 0 Å². The van der Waals surface area contributed by atoms with Crippen LogP contribution >= 0.6 is 46.4 Å². The molecular weight excluding hydrogens is 586 g/mol. The highest BCUT2D eigenvalue weighted by Crippen LogP contribution is 2.46. The Morgan fingerprint density at radius 2 is 1.41 bits per heavy atom. The average molecular weight is 606 g/mol. The molecule has 0 spiro atoms. The maximum absolute atomic E-state index is 13.2. The fraction of sp³-hybridized carbons (Fsp3) is 0.214. The highest BCUT2D eigenvalue weighted by molar-refractivity contribution is 6.56. The van der Waals surface area contributed by atoms with E-state index in [1.54, 1.807) is 11.8 Å². The lowest BCUT2D eigenvalue weighted by Crippen LogP contribution is -2.30. The summed E-state index contributed by atoms with van der Waals surface area (Å²) < 4.78 is 5.59. The van der Waals surface area contributed by atoms with E-state index in [-0.39, 0.29) is 61.5 Å². The summed E-state index contributed by atoms with van der Waals surface area (Å²) in [5, 5.41) is -0.562. The zero-order valence-corrected chi connectivity index (χ0v) is 23.9. The summed E-state index contributed by atoms with van der Waals surface area (Å²) in [6.07, 6.45) is 0.0327. The van der Waals surface area contributed by atoms with Crippen LogP contribution in [-0.2, 0) is 9.59 Å². The molecule has 7 nitrogen and oxygen atoms in total. The molecule has 2 heterocycles. The molecule has 0 unspecified atom stereocenters. The Morgan fingerprint density at radius 1 is 0.795 bits per heavy atom. The van der Waals surface area contributed by atoms with Gasteiger partial charge in [-0.15, -0.1) is 0 Å². The highest BCUT2D eigenvalue weighted by atomic mass is 35.5. The standard InChI is InChI=1S/C28H20Cl4N2O5/c1-12-4-5-13(2)18(8-12)33-11-15(10-19(33)35)28(38)39-16-6-7-17(14(3)9-16)34-26(36)20-21(27(34)37)23(30)25(32)24(31)22(20)29/h4-9,15H,10-11H2,1-3H3/t15-/m0/s1. The number of nitrogens with zero attached hydrogens (tertiary/aromatic N) is 2. The molecule has 0 aliphatic carbocycles. The minimum atomic E-state index is -0.704. The third kappa shape index (κ3) is 4.57. The zero-order valence-electron chi connectivity index (χ0n) is 20.9. The van der Waals surface area contributed by atoms with Crippen molar-refractivity contribution in [2.75, 3.05) is 16.3 Å². The Bertz CT molecular complexity index is 1570. The Hall–Kier alpha value is -3.10. The van der Waals surface area contributed by atoms with Crippen molar-refractivity contribution in [1.82, 2.24) is 0 Å². The minimum absolute atomic E-state index is 0.0327. The van der Waals surface area contributed by atoms with Crippen LogP contribution in [0.25, 0.3) is 0 Å². The monoisotopic (exact) mass is 604 g/mol. The van der Waals surface area contributed by atoms with Crippen LogP contribution < -0.4 is 14.5 Å². The third-order valence-electron chi connectivity index (χ3n) is 6.84. The van der Waals surface area contributed by atoms with Crippen molar-refractivity contribution in [2.45, 2.75) is 27.2 Å². The summed E-state index contributed by atoms with van der Waals surface area (Å²) in [6, 6.07) is 10.3. The van der Waals surface area contributed by atoms with Crippen LogP contribution in [-0.4, -0.2) is 30.2 Å². The van der Waals surface area contributed by atoms with Crippen LogP contribution in [0.1, 0.15) is 43.8 Å². The fourth-order valence-electron chi connectivity index (χ4n) is 4.82. The van der Waals surface area contributed by atoms with Crippen LogP contribution in [0.5, 0.6) is 5.75 Å². The van der Waals surface area contributed by atoms with Crippen LogP contribution in [0.3, 0.4) is 0 Å². The van der Waals surface area contributed by atoms with Gasteiger partial charge in [-0.05, 0) is 61.7 Å². The Labute approximate surface area is 244 Å². The predicted octanol–water partition coefficient (Wildman–Crippen LogP) is 6.98. The van der Waals surface area contributed by atoms with E-state index in [1.165, 1.54) is 18.2 Å². The molecule has 0 aromatic heterocycles. The van der Waals surface area contributed by atoms with Gasteiger partial charge >= 0.3 is 5.97 Å². The van der Waals surface area contributed by atoms with Gasteiger partial charge in [-0.1, -0.05) is 58.5 Å². The first-order chi connectivity index (χ1) is 18.4. The van der Waals surface area contributed by atoms with E-state index in [0.29, 0.717) is 5.56 Å². The zero-order chi connectivity index (χ0) is 28.3. The molecule has 3 amide bonds. The van der Waals surface area contributed by atoms with Crippen molar-refractivity contribution in [1.29, 1.82) is 0 Å². The van der Waals surface area contributed by atoms with Crippen LogP contribution in [0.2, 0.25) is 20.1 Å². The van der Waals surface area contributed by atoms with E-state index in [4.69, 9.17) is 51.1 Å². The molecule has 0 bridgehead atoms. The summed E-state index contributed by atoms with van der Waals surface area (Å²) >= 11 is 24.6. The summed E-state index contributed by atoms with van der Waals surface area (Å²) in [4.78, 5) is 54.6. The summed E-state index contributed by atoms with van der Waals surface area (Å²) in [5.74, 6) is -2.55. The minimum Gasteiger partial charge on any atom is -0.426 e. The van der Waals surface area contributed by atoms with Gasteiger partial charge in [-0.2, -0.15) is 0 Å². The van der Waals surface area contributed by atoms with Crippen molar-refractivity contribution < 1.29 is 23.9 Å². The molecule has 2 aliphatic rings. The summed E-state index contributed by atoms with van der Waals surface area (Å²) in [6.45, 7) is 5.72. The van der Waals surface area contributed by atoms with E-state index >= 15 is 0 Å². The number of imide groups is 1. The van der Waals surface area contributed by atoms with Gasteiger partial charge < -0.3 is 9.64 Å². The molecule has 1 fully saturated rings. The molecule has 1 saturated heterocycles. The van der Waals surface area contributed by atoms with Crippen molar-refractivity contribution in [3.8, 4) is 5.75 Å². The molecule has 3 aromatic rings. The molecule has 200 valence electrons. The third-order valence-corrected chi connectivity index (χ3v) is 8.64. The SMILES string of the molecule is Cc1ccc(C)c(N2C[C@@H](C(=O)Oc3ccc(N4C(=O)c5c(Cl)c(Cl)c(Cl)c(Cl)c5C4=O)c(C)c3)CC2=O)c1. The normalized spacial score (nSPS) is 16.8. The number of carbonyl (C=O) groups excluding carboxylic acids is 4. The maximum Gasteiger partial charge on any atom is 0.316 e. The molecule has 3 aromatic carbocycles. The molecule has 5 rings (SSSR count). The Kier molecular flexibility index (Phi) is 7.14. The Balaban J connectivity index is 1.35. The number of benzene rings is 3. The lowest BCUT2D eigenvalue weighted by atomic mass is 10.1.